The van der Waals surface area contributed by atoms with Gasteiger partial charge in [0.05, 0.1) is 5.56 Å². The summed E-state index contributed by atoms with van der Waals surface area (Å²) in [4.78, 5) is 19.1. The van der Waals surface area contributed by atoms with Crippen molar-refractivity contribution in [3.8, 4) is 0 Å². The molecule has 0 spiro atoms. The number of amides is 1. The number of anilines is 2. The maximum atomic E-state index is 12.5. The summed E-state index contributed by atoms with van der Waals surface area (Å²) in [5.74, 6) is -0.115. The van der Waals surface area contributed by atoms with Crippen LogP contribution in [0.15, 0.2) is 41.6 Å². The molecule has 5 heteroatoms. The van der Waals surface area contributed by atoms with E-state index in [4.69, 9.17) is 0 Å². The first-order chi connectivity index (χ1) is 11.2. The van der Waals surface area contributed by atoms with Gasteiger partial charge in [0.2, 0.25) is 0 Å². The van der Waals surface area contributed by atoms with Gasteiger partial charge in [0.25, 0.3) is 5.91 Å². The van der Waals surface area contributed by atoms with Crippen LogP contribution in [-0.4, -0.2) is 30.2 Å². The molecule has 120 valence electrons. The first-order valence-electron chi connectivity index (χ1n) is 7.85. The Morgan fingerprint density at radius 3 is 2.74 bits per heavy atom. The third kappa shape index (κ3) is 3.50. The molecule has 0 radical (unpaired) electrons. The third-order valence-corrected chi connectivity index (χ3v) is 4.82. The fraction of sp³-hybridized carbons (Fsp3) is 0.333. The van der Waals surface area contributed by atoms with Crippen LogP contribution in [-0.2, 0) is 0 Å². The van der Waals surface area contributed by atoms with Crippen LogP contribution in [0.5, 0.6) is 0 Å². The highest BCUT2D eigenvalue weighted by atomic mass is 32.2. The Hall–Kier alpha value is -2.01. The normalized spacial score (nSPS) is 14.1. The Balaban J connectivity index is 1.77. The van der Waals surface area contributed by atoms with E-state index in [0.717, 1.165) is 23.8 Å². The second-order valence-corrected chi connectivity index (χ2v) is 6.50. The molecule has 2 aromatic rings. The molecule has 3 rings (SSSR count). The number of nitrogens with one attached hydrogen (secondary N) is 1. The molecule has 23 heavy (non-hydrogen) atoms. The van der Waals surface area contributed by atoms with E-state index in [1.165, 1.54) is 35.9 Å². The monoisotopic (exact) mass is 327 g/mol. The van der Waals surface area contributed by atoms with Crippen molar-refractivity contribution >= 4 is 29.0 Å². The summed E-state index contributed by atoms with van der Waals surface area (Å²) in [6.07, 6.45) is 6.15. The second-order valence-electron chi connectivity index (χ2n) is 5.71. The van der Waals surface area contributed by atoms with Crippen molar-refractivity contribution < 1.29 is 4.79 Å². The van der Waals surface area contributed by atoms with Crippen LogP contribution in [0.25, 0.3) is 0 Å². The number of aromatic nitrogens is 1. The van der Waals surface area contributed by atoms with E-state index in [1.54, 1.807) is 18.3 Å². The predicted octanol–water partition coefficient (Wildman–Crippen LogP) is 3.96. The lowest BCUT2D eigenvalue weighted by Gasteiger charge is -2.20. The van der Waals surface area contributed by atoms with Gasteiger partial charge < -0.3 is 10.2 Å². The van der Waals surface area contributed by atoms with Gasteiger partial charge >= 0.3 is 0 Å². The van der Waals surface area contributed by atoms with E-state index in [0.29, 0.717) is 5.56 Å². The van der Waals surface area contributed by atoms with Crippen molar-refractivity contribution in [3.05, 3.63) is 47.7 Å². The number of pyridine rings is 1. The average molecular weight is 327 g/mol. The highest BCUT2D eigenvalue weighted by Crippen LogP contribution is 2.27. The number of hydrogen-bond acceptors (Lipinski definition) is 4. The first-order valence-corrected chi connectivity index (χ1v) is 9.07. The SMILES string of the molecule is CSc1ncccc1C(=O)Nc1ccc(N2CCCC2)c(C)c1. The lowest BCUT2D eigenvalue weighted by Crippen LogP contribution is -2.19. The van der Waals surface area contributed by atoms with Crippen molar-refractivity contribution in [2.24, 2.45) is 0 Å². The van der Waals surface area contributed by atoms with Crippen LogP contribution in [0.1, 0.15) is 28.8 Å². The summed E-state index contributed by atoms with van der Waals surface area (Å²) in [5, 5.41) is 3.73. The highest BCUT2D eigenvalue weighted by Gasteiger charge is 2.16. The summed E-state index contributed by atoms with van der Waals surface area (Å²) >= 11 is 1.48. The van der Waals surface area contributed by atoms with Crippen LogP contribution < -0.4 is 10.2 Å². The summed E-state index contributed by atoms with van der Waals surface area (Å²) < 4.78 is 0. The van der Waals surface area contributed by atoms with E-state index in [2.05, 4.69) is 28.2 Å². The van der Waals surface area contributed by atoms with Gasteiger partial charge in [-0.3, -0.25) is 4.79 Å². The molecule has 1 aromatic carbocycles. The zero-order chi connectivity index (χ0) is 16.2. The Labute approximate surface area is 141 Å². The molecule has 0 bridgehead atoms. The Kier molecular flexibility index (Phi) is 4.86. The largest absolute Gasteiger partial charge is 0.371 e. The van der Waals surface area contributed by atoms with Crippen molar-refractivity contribution in [3.63, 3.8) is 0 Å². The minimum atomic E-state index is -0.115. The Morgan fingerprint density at radius 2 is 2.04 bits per heavy atom. The van der Waals surface area contributed by atoms with Gasteiger partial charge in [-0.1, -0.05) is 0 Å². The van der Waals surface area contributed by atoms with Gasteiger partial charge in [-0.25, -0.2) is 4.98 Å². The predicted molar refractivity (Wildman–Crippen MR) is 96.6 cm³/mol. The van der Waals surface area contributed by atoms with Crippen molar-refractivity contribution in [2.45, 2.75) is 24.8 Å². The molecule has 4 nitrogen and oxygen atoms in total. The van der Waals surface area contributed by atoms with E-state index in [-0.39, 0.29) is 5.91 Å². The molecule has 0 unspecified atom stereocenters. The number of benzene rings is 1. The van der Waals surface area contributed by atoms with Crippen LogP contribution in [0.2, 0.25) is 0 Å². The zero-order valence-electron chi connectivity index (χ0n) is 13.5. The van der Waals surface area contributed by atoms with E-state index < -0.39 is 0 Å². The number of nitrogens with zero attached hydrogens (tertiary/aromatic N) is 2. The minimum absolute atomic E-state index is 0.115. The molecule has 1 saturated heterocycles. The molecule has 1 aliphatic heterocycles. The van der Waals surface area contributed by atoms with E-state index >= 15 is 0 Å². The molecule has 0 aliphatic carbocycles. The molecule has 2 heterocycles. The number of rotatable bonds is 4. The zero-order valence-corrected chi connectivity index (χ0v) is 14.3. The number of thioether (sulfide) groups is 1. The first kappa shape index (κ1) is 15.9. The van der Waals surface area contributed by atoms with Crippen LogP contribution in [0, 0.1) is 6.92 Å². The molecule has 1 amide bonds. The maximum absolute atomic E-state index is 12.5. The minimum Gasteiger partial charge on any atom is -0.371 e. The number of carbonyl (C=O) groups excluding carboxylic acids is 1. The summed E-state index contributed by atoms with van der Waals surface area (Å²) in [6, 6.07) is 9.72. The van der Waals surface area contributed by atoms with Gasteiger partial charge in [-0.15, -0.1) is 11.8 Å². The van der Waals surface area contributed by atoms with Gasteiger partial charge in [0.15, 0.2) is 0 Å². The molecule has 1 N–H and O–H groups in total. The third-order valence-electron chi connectivity index (χ3n) is 4.11. The molecule has 1 aromatic heterocycles. The van der Waals surface area contributed by atoms with Gasteiger partial charge in [-0.05, 0) is 61.9 Å². The average Bonchev–Trinajstić information content (AvgIpc) is 3.09. The molecular weight excluding hydrogens is 306 g/mol. The maximum Gasteiger partial charge on any atom is 0.258 e. The van der Waals surface area contributed by atoms with E-state index in [9.17, 15) is 4.79 Å². The van der Waals surface area contributed by atoms with Crippen molar-refractivity contribution in [2.75, 3.05) is 29.6 Å². The molecule has 0 atom stereocenters. The topological polar surface area (TPSA) is 45.2 Å². The summed E-state index contributed by atoms with van der Waals surface area (Å²) in [5.41, 5.74) is 3.90. The summed E-state index contributed by atoms with van der Waals surface area (Å²) in [6.45, 7) is 4.35. The van der Waals surface area contributed by atoms with E-state index in [1.807, 2.05) is 18.4 Å². The smallest absolute Gasteiger partial charge is 0.258 e. The van der Waals surface area contributed by atoms with Crippen LogP contribution in [0.4, 0.5) is 11.4 Å². The van der Waals surface area contributed by atoms with Crippen LogP contribution in [0.3, 0.4) is 0 Å². The number of hydrogen-bond donors (Lipinski definition) is 1. The molecular formula is C18H21N3OS. The molecule has 1 aliphatic rings. The van der Waals surface area contributed by atoms with Crippen molar-refractivity contribution in [1.29, 1.82) is 0 Å². The lowest BCUT2D eigenvalue weighted by molar-refractivity contribution is 0.102. The fourth-order valence-electron chi connectivity index (χ4n) is 2.97. The standard InChI is InChI=1S/C18H21N3OS/c1-13-12-14(7-8-16(13)21-10-3-4-11-21)20-17(22)15-6-5-9-19-18(15)23-2/h5-9,12H,3-4,10-11H2,1-2H3,(H,20,22). The van der Waals surface area contributed by atoms with Gasteiger partial charge in [-0.2, -0.15) is 0 Å². The molecule has 0 saturated carbocycles. The van der Waals surface area contributed by atoms with Crippen molar-refractivity contribution in [1.82, 2.24) is 4.98 Å². The summed E-state index contributed by atoms with van der Waals surface area (Å²) in [7, 11) is 0. The Bertz CT molecular complexity index is 711. The fourth-order valence-corrected chi connectivity index (χ4v) is 3.52. The van der Waals surface area contributed by atoms with Crippen LogP contribution >= 0.6 is 11.8 Å². The highest BCUT2D eigenvalue weighted by molar-refractivity contribution is 7.98. The lowest BCUT2D eigenvalue weighted by atomic mass is 10.1. The number of aryl methyl sites for hydroxylation is 1. The molecule has 1 fully saturated rings. The quantitative estimate of drug-likeness (QED) is 0.863. The second kappa shape index (κ2) is 7.04. The number of carbonyl (C=O) groups is 1. The van der Waals surface area contributed by atoms with Gasteiger partial charge in [0.1, 0.15) is 5.03 Å². The Morgan fingerprint density at radius 1 is 1.26 bits per heavy atom. The van der Waals surface area contributed by atoms with Gasteiger partial charge in [0, 0.05) is 30.7 Å².